The summed E-state index contributed by atoms with van der Waals surface area (Å²) < 4.78 is 28.5. The lowest BCUT2D eigenvalue weighted by Crippen LogP contribution is -2.39. The zero-order valence-electron chi connectivity index (χ0n) is 11.0. The molecule has 106 valence electrons. The van der Waals surface area contributed by atoms with Crippen LogP contribution in [0, 0.1) is 12.8 Å². The van der Waals surface area contributed by atoms with E-state index in [0.29, 0.717) is 28.4 Å². The zero-order chi connectivity index (χ0) is 14.2. The van der Waals surface area contributed by atoms with Gasteiger partial charge in [0.1, 0.15) is 0 Å². The number of rotatable bonds is 2. The van der Waals surface area contributed by atoms with Crippen molar-refractivity contribution in [2.24, 2.45) is 5.92 Å². The Hall–Kier alpha value is 0.0900. The predicted molar refractivity (Wildman–Crippen MR) is 83.7 cm³/mol. The Kier molecular flexibility index (Phi) is 4.75. The first-order chi connectivity index (χ1) is 8.82. The van der Waals surface area contributed by atoms with E-state index in [9.17, 15) is 8.42 Å². The maximum absolute atomic E-state index is 12.7. The SMILES string of the molecule is Cc1cc(S(=O)(=O)N2CCC[C@@H](C)C2)c(Br)cc1Br. The van der Waals surface area contributed by atoms with E-state index in [1.807, 2.05) is 6.92 Å². The second kappa shape index (κ2) is 5.84. The van der Waals surface area contributed by atoms with E-state index in [2.05, 4.69) is 38.8 Å². The third kappa shape index (κ3) is 3.23. The molecule has 0 N–H and O–H groups in total. The molecule has 1 aromatic rings. The average molecular weight is 411 g/mol. The fraction of sp³-hybridized carbons (Fsp3) is 0.538. The van der Waals surface area contributed by atoms with Crippen molar-refractivity contribution in [1.82, 2.24) is 4.31 Å². The summed E-state index contributed by atoms with van der Waals surface area (Å²) in [4.78, 5) is 0.363. The van der Waals surface area contributed by atoms with Gasteiger partial charge in [-0.25, -0.2) is 8.42 Å². The van der Waals surface area contributed by atoms with E-state index in [-0.39, 0.29) is 0 Å². The van der Waals surface area contributed by atoms with E-state index in [0.717, 1.165) is 22.9 Å². The number of hydrogen-bond donors (Lipinski definition) is 0. The minimum atomic E-state index is -3.40. The van der Waals surface area contributed by atoms with Crippen LogP contribution in [-0.2, 0) is 10.0 Å². The Morgan fingerprint density at radius 3 is 2.58 bits per heavy atom. The van der Waals surface area contributed by atoms with Crippen LogP contribution in [0.1, 0.15) is 25.3 Å². The van der Waals surface area contributed by atoms with Gasteiger partial charge >= 0.3 is 0 Å². The van der Waals surface area contributed by atoms with Crippen LogP contribution in [0.2, 0.25) is 0 Å². The molecule has 0 aliphatic carbocycles. The van der Waals surface area contributed by atoms with Gasteiger partial charge in [0.15, 0.2) is 0 Å². The number of aryl methyl sites for hydroxylation is 1. The van der Waals surface area contributed by atoms with Crippen LogP contribution < -0.4 is 0 Å². The molecule has 0 aromatic heterocycles. The summed E-state index contributed by atoms with van der Waals surface area (Å²) in [6, 6.07) is 3.53. The quantitative estimate of drug-likeness (QED) is 0.740. The number of benzene rings is 1. The van der Waals surface area contributed by atoms with Gasteiger partial charge in [-0.3, -0.25) is 0 Å². The Labute approximate surface area is 131 Å². The normalized spacial score (nSPS) is 21.6. The number of halogens is 2. The first-order valence-electron chi connectivity index (χ1n) is 6.28. The second-order valence-electron chi connectivity index (χ2n) is 5.14. The van der Waals surface area contributed by atoms with Crippen molar-refractivity contribution in [3.05, 3.63) is 26.6 Å². The first kappa shape index (κ1) is 15.5. The van der Waals surface area contributed by atoms with Crippen molar-refractivity contribution in [2.45, 2.75) is 31.6 Å². The first-order valence-corrected chi connectivity index (χ1v) is 9.31. The van der Waals surface area contributed by atoms with Gasteiger partial charge in [-0.2, -0.15) is 4.31 Å². The summed E-state index contributed by atoms with van der Waals surface area (Å²) in [6.45, 7) is 5.23. The highest BCUT2D eigenvalue weighted by molar-refractivity contribution is 9.11. The maximum Gasteiger partial charge on any atom is 0.244 e. The van der Waals surface area contributed by atoms with E-state index in [1.54, 1.807) is 16.4 Å². The summed E-state index contributed by atoms with van der Waals surface area (Å²) in [5, 5.41) is 0. The third-order valence-electron chi connectivity index (χ3n) is 3.45. The summed E-state index contributed by atoms with van der Waals surface area (Å²) in [5.41, 5.74) is 0.923. The van der Waals surface area contributed by atoms with Gasteiger partial charge in [0.25, 0.3) is 0 Å². The standard InChI is InChI=1S/C13H17Br2NO2S/c1-9-4-3-5-16(8-9)19(17,18)13-6-10(2)11(14)7-12(13)15/h6-7,9H,3-5,8H2,1-2H3/t9-/m1/s1. The molecule has 0 bridgehead atoms. The van der Waals surface area contributed by atoms with Crippen molar-refractivity contribution in [3.63, 3.8) is 0 Å². The molecule has 1 heterocycles. The summed E-state index contributed by atoms with van der Waals surface area (Å²) in [6.07, 6.45) is 2.04. The van der Waals surface area contributed by atoms with Crippen LogP contribution >= 0.6 is 31.9 Å². The Balaban J connectivity index is 2.42. The molecular formula is C13H17Br2NO2S. The highest BCUT2D eigenvalue weighted by atomic mass is 79.9. The lowest BCUT2D eigenvalue weighted by molar-refractivity contribution is 0.281. The zero-order valence-corrected chi connectivity index (χ0v) is 15.0. The Morgan fingerprint density at radius 2 is 1.95 bits per heavy atom. The van der Waals surface area contributed by atoms with Crippen LogP contribution in [0.4, 0.5) is 0 Å². The smallest absolute Gasteiger partial charge is 0.207 e. The predicted octanol–water partition coefficient (Wildman–Crippen LogP) is 3.94. The van der Waals surface area contributed by atoms with Crippen molar-refractivity contribution in [2.75, 3.05) is 13.1 Å². The summed E-state index contributed by atoms with van der Waals surface area (Å²) in [5.74, 6) is 0.429. The molecular weight excluding hydrogens is 394 g/mol. The van der Waals surface area contributed by atoms with E-state index < -0.39 is 10.0 Å². The molecule has 2 rings (SSSR count). The Morgan fingerprint density at radius 1 is 1.26 bits per heavy atom. The molecule has 1 atom stereocenters. The average Bonchev–Trinajstić information content (AvgIpc) is 2.33. The van der Waals surface area contributed by atoms with Crippen molar-refractivity contribution < 1.29 is 8.42 Å². The van der Waals surface area contributed by atoms with Crippen LogP contribution in [-0.4, -0.2) is 25.8 Å². The second-order valence-corrected chi connectivity index (χ2v) is 8.76. The molecule has 1 aliphatic rings. The minimum absolute atomic E-state index is 0.363. The Bertz CT molecular complexity index is 587. The summed E-state index contributed by atoms with van der Waals surface area (Å²) >= 11 is 6.78. The molecule has 1 aliphatic heterocycles. The molecule has 1 fully saturated rings. The van der Waals surface area contributed by atoms with Crippen LogP contribution in [0.5, 0.6) is 0 Å². The van der Waals surface area contributed by atoms with Crippen LogP contribution in [0.25, 0.3) is 0 Å². The van der Waals surface area contributed by atoms with Crippen molar-refractivity contribution >= 4 is 41.9 Å². The van der Waals surface area contributed by atoms with Gasteiger partial charge in [-0.1, -0.05) is 22.9 Å². The fourth-order valence-corrected chi connectivity index (χ4v) is 5.67. The third-order valence-corrected chi connectivity index (χ3v) is 7.13. The van der Waals surface area contributed by atoms with Crippen LogP contribution in [0.15, 0.2) is 26.0 Å². The molecule has 1 saturated heterocycles. The molecule has 0 amide bonds. The minimum Gasteiger partial charge on any atom is -0.207 e. The molecule has 0 saturated carbocycles. The number of sulfonamides is 1. The van der Waals surface area contributed by atoms with Crippen LogP contribution in [0.3, 0.4) is 0 Å². The monoisotopic (exact) mass is 409 g/mol. The van der Waals surface area contributed by atoms with Gasteiger partial charge in [0.2, 0.25) is 10.0 Å². The molecule has 0 unspecified atom stereocenters. The number of nitrogens with zero attached hydrogens (tertiary/aromatic N) is 1. The van der Waals surface area contributed by atoms with E-state index in [1.165, 1.54) is 0 Å². The maximum atomic E-state index is 12.7. The van der Waals surface area contributed by atoms with E-state index >= 15 is 0 Å². The number of piperidine rings is 1. The highest BCUT2D eigenvalue weighted by Crippen LogP contribution is 2.32. The summed E-state index contributed by atoms with van der Waals surface area (Å²) in [7, 11) is -3.40. The highest BCUT2D eigenvalue weighted by Gasteiger charge is 2.30. The lowest BCUT2D eigenvalue weighted by Gasteiger charge is -2.30. The van der Waals surface area contributed by atoms with Gasteiger partial charge in [0.05, 0.1) is 4.90 Å². The van der Waals surface area contributed by atoms with Crippen molar-refractivity contribution in [1.29, 1.82) is 0 Å². The fourth-order valence-electron chi connectivity index (χ4n) is 2.33. The van der Waals surface area contributed by atoms with Crippen molar-refractivity contribution in [3.8, 4) is 0 Å². The topological polar surface area (TPSA) is 37.4 Å². The molecule has 1 aromatic carbocycles. The molecule has 3 nitrogen and oxygen atoms in total. The van der Waals surface area contributed by atoms with Gasteiger partial charge < -0.3 is 0 Å². The molecule has 0 radical (unpaired) electrons. The van der Waals surface area contributed by atoms with Gasteiger partial charge in [0, 0.05) is 22.0 Å². The number of hydrogen-bond acceptors (Lipinski definition) is 2. The molecule has 6 heteroatoms. The largest absolute Gasteiger partial charge is 0.244 e. The van der Waals surface area contributed by atoms with Gasteiger partial charge in [-0.15, -0.1) is 0 Å². The molecule has 19 heavy (non-hydrogen) atoms. The molecule has 0 spiro atoms. The van der Waals surface area contributed by atoms with Gasteiger partial charge in [-0.05, 0) is 59.3 Å². The lowest BCUT2D eigenvalue weighted by atomic mass is 10.0. The van der Waals surface area contributed by atoms with E-state index in [4.69, 9.17) is 0 Å².